The van der Waals surface area contributed by atoms with Crippen LogP contribution in [0.1, 0.15) is 21.1 Å². The van der Waals surface area contributed by atoms with E-state index in [1.807, 2.05) is 62.5 Å². The van der Waals surface area contributed by atoms with Crippen molar-refractivity contribution >= 4 is 38.4 Å². The van der Waals surface area contributed by atoms with Crippen LogP contribution in [0.5, 0.6) is 0 Å². The molecule has 0 radical (unpaired) electrons. The lowest BCUT2D eigenvalue weighted by Gasteiger charge is -2.17. The first-order chi connectivity index (χ1) is 12.1. The molecule has 0 bridgehead atoms. The Balaban J connectivity index is 1.66. The molecule has 0 aliphatic rings. The second kappa shape index (κ2) is 6.26. The number of thiazole rings is 1. The standard InChI is InChI=1S/C20H17N3OS/c1-13-11-15(14-7-3-4-8-16(14)21-13)20(24)23(2)12-19-22-17-9-5-6-10-18(17)25-19/h3-11H,12H2,1-2H3. The van der Waals surface area contributed by atoms with E-state index in [9.17, 15) is 4.79 Å². The monoisotopic (exact) mass is 347 g/mol. The first-order valence-electron chi connectivity index (χ1n) is 8.08. The Morgan fingerprint density at radius 3 is 2.56 bits per heavy atom. The van der Waals surface area contributed by atoms with Gasteiger partial charge in [-0.3, -0.25) is 9.78 Å². The van der Waals surface area contributed by atoms with Crippen molar-refractivity contribution < 1.29 is 4.79 Å². The maximum absolute atomic E-state index is 13.0. The molecule has 0 saturated heterocycles. The van der Waals surface area contributed by atoms with Gasteiger partial charge in [0.05, 0.1) is 27.8 Å². The number of pyridine rings is 1. The third kappa shape index (κ3) is 2.98. The third-order valence-corrected chi connectivity index (χ3v) is 5.15. The lowest BCUT2D eigenvalue weighted by Crippen LogP contribution is -2.26. The van der Waals surface area contributed by atoms with Crippen LogP contribution in [-0.2, 0) is 6.54 Å². The molecule has 25 heavy (non-hydrogen) atoms. The number of para-hydroxylation sites is 2. The SMILES string of the molecule is Cc1cc(C(=O)N(C)Cc2nc3ccccc3s2)c2ccccc2n1. The van der Waals surface area contributed by atoms with E-state index in [1.54, 1.807) is 16.2 Å². The van der Waals surface area contributed by atoms with Crippen LogP contribution < -0.4 is 0 Å². The molecular formula is C20H17N3OS. The van der Waals surface area contributed by atoms with Crippen molar-refractivity contribution in [1.29, 1.82) is 0 Å². The first kappa shape index (κ1) is 15.7. The van der Waals surface area contributed by atoms with Gasteiger partial charge in [0.1, 0.15) is 5.01 Å². The maximum atomic E-state index is 13.0. The number of benzene rings is 2. The van der Waals surface area contributed by atoms with E-state index in [1.165, 1.54) is 0 Å². The van der Waals surface area contributed by atoms with Crippen molar-refractivity contribution in [3.63, 3.8) is 0 Å². The first-order valence-corrected chi connectivity index (χ1v) is 8.90. The zero-order valence-corrected chi connectivity index (χ0v) is 14.9. The molecule has 4 rings (SSSR count). The fraction of sp³-hybridized carbons (Fsp3) is 0.150. The molecule has 0 fully saturated rings. The molecule has 4 nitrogen and oxygen atoms in total. The molecule has 0 aliphatic heterocycles. The van der Waals surface area contributed by atoms with Crippen LogP contribution in [0.25, 0.3) is 21.1 Å². The normalized spacial score (nSPS) is 11.1. The fourth-order valence-corrected chi connectivity index (χ4v) is 3.97. The van der Waals surface area contributed by atoms with Gasteiger partial charge in [0.15, 0.2) is 0 Å². The topological polar surface area (TPSA) is 46.1 Å². The highest BCUT2D eigenvalue weighted by atomic mass is 32.1. The molecule has 0 aliphatic carbocycles. The highest BCUT2D eigenvalue weighted by molar-refractivity contribution is 7.18. The van der Waals surface area contributed by atoms with Gasteiger partial charge in [-0.25, -0.2) is 4.98 Å². The molecule has 2 aromatic carbocycles. The summed E-state index contributed by atoms with van der Waals surface area (Å²) >= 11 is 1.63. The summed E-state index contributed by atoms with van der Waals surface area (Å²) in [5, 5.41) is 1.82. The fourth-order valence-electron chi connectivity index (χ4n) is 2.95. The predicted octanol–water partition coefficient (Wildman–Crippen LogP) is 4.43. The lowest BCUT2D eigenvalue weighted by molar-refractivity contribution is 0.0787. The summed E-state index contributed by atoms with van der Waals surface area (Å²) in [6, 6.07) is 17.6. The van der Waals surface area contributed by atoms with Gasteiger partial charge in [-0.05, 0) is 31.2 Å². The quantitative estimate of drug-likeness (QED) is 0.551. The van der Waals surface area contributed by atoms with Crippen molar-refractivity contribution in [3.05, 3.63) is 70.9 Å². The van der Waals surface area contributed by atoms with Crippen LogP contribution in [0.15, 0.2) is 54.6 Å². The zero-order chi connectivity index (χ0) is 17.4. The molecule has 2 aromatic heterocycles. The van der Waals surface area contributed by atoms with Crippen molar-refractivity contribution in [2.75, 3.05) is 7.05 Å². The second-order valence-corrected chi connectivity index (χ2v) is 7.18. The Morgan fingerprint density at radius 2 is 1.76 bits per heavy atom. The molecule has 0 N–H and O–H groups in total. The highest BCUT2D eigenvalue weighted by Gasteiger charge is 2.17. The largest absolute Gasteiger partial charge is 0.335 e. The Morgan fingerprint density at radius 1 is 1.04 bits per heavy atom. The number of hydrogen-bond acceptors (Lipinski definition) is 4. The Bertz CT molecular complexity index is 1050. The van der Waals surface area contributed by atoms with Gasteiger partial charge >= 0.3 is 0 Å². The number of amides is 1. The molecule has 0 saturated carbocycles. The summed E-state index contributed by atoms with van der Waals surface area (Å²) < 4.78 is 1.14. The van der Waals surface area contributed by atoms with Gasteiger partial charge in [-0.2, -0.15) is 0 Å². The number of carbonyl (C=O) groups is 1. The van der Waals surface area contributed by atoms with Crippen molar-refractivity contribution in [1.82, 2.24) is 14.9 Å². The highest BCUT2D eigenvalue weighted by Crippen LogP contribution is 2.24. The summed E-state index contributed by atoms with van der Waals surface area (Å²) in [4.78, 5) is 23.9. The van der Waals surface area contributed by atoms with E-state index >= 15 is 0 Å². The second-order valence-electron chi connectivity index (χ2n) is 6.06. The number of aromatic nitrogens is 2. The molecule has 2 heterocycles. The lowest BCUT2D eigenvalue weighted by atomic mass is 10.1. The molecule has 5 heteroatoms. The van der Waals surface area contributed by atoms with Gasteiger partial charge in [0, 0.05) is 18.1 Å². The van der Waals surface area contributed by atoms with E-state index in [4.69, 9.17) is 0 Å². The van der Waals surface area contributed by atoms with Gasteiger partial charge < -0.3 is 4.90 Å². The minimum absolute atomic E-state index is 0.0130. The van der Waals surface area contributed by atoms with Crippen molar-refractivity contribution in [2.24, 2.45) is 0 Å². The summed E-state index contributed by atoms with van der Waals surface area (Å²) in [7, 11) is 1.82. The average molecular weight is 347 g/mol. The molecule has 0 unspecified atom stereocenters. The number of carbonyl (C=O) groups excluding carboxylic acids is 1. The average Bonchev–Trinajstić information content (AvgIpc) is 3.02. The molecule has 0 atom stereocenters. The molecule has 124 valence electrons. The number of nitrogens with zero attached hydrogens (tertiary/aromatic N) is 3. The molecular weight excluding hydrogens is 330 g/mol. The van der Waals surface area contributed by atoms with Crippen LogP contribution in [-0.4, -0.2) is 27.8 Å². The van der Waals surface area contributed by atoms with Crippen LogP contribution in [0, 0.1) is 6.92 Å². The van der Waals surface area contributed by atoms with Crippen LogP contribution in [0.4, 0.5) is 0 Å². The minimum atomic E-state index is -0.0130. The summed E-state index contributed by atoms with van der Waals surface area (Å²) in [5.74, 6) is -0.0130. The van der Waals surface area contributed by atoms with Gasteiger partial charge in [0.2, 0.25) is 0 Å². The zero-order valence-electron chi connectivity index (χ0n) is 14.1. The van der Waals surface area contributed by atoms with E-state index in [0.29, 0.717) is 12.1 Å². The number of hydrogen-bond donors (Lipinski definition) is 0. The number of rotatable bonds is 3. The van der Waals surface area contributed by atoms with Crippen LogP contribution >= 0.6 is 11.3 Å². The van der Waals surface area contributed by atoms with Gasteiger partial charge in [-0.15, -0.1) is 11.3 Å². The minimum Gasteiger partial charge on any atom is -0.335 e. The Hall–Kier alpha value is -2.79. The van der Waals surface area contributed by atoms with E-state index in [0.717, 1.165) is 31.8 Å². The van der Waals surface area contributed by atoms with Gasteiger partial charge in [-0.1, -0.05) is 30.3 Å². The summed E-state index contributed by atoms with van der Waals surface area (Å²) in [5.41, 5.74) is 3.36. The summed E-state index contributed by atoms with van der Waals surface area (Å²) in [6.07, 6.45) is 0. The van der Waals surface area contributed by atoms with E-state index in [-0.39, 0.29) is 5.91 Å². The van der Waals surface area contributed by atoms with Crippen molar-refractivity contribution in [2.45, 2.75) is 13.5 Å². The van der Waals surface area contributed by atoms with E-state index < -0.39 is 0 Å². The van der Waals surface area contributed by atoms with Crippen LogP contribution in [0.2, 0.25) is 0 Å². The van der Waals surface area contributed by atoms with Gasteiger partial charge in [0.25, 0.3) is 5.91 Å². The molecule has 4 aromatic rings. The van der Waals surface area contributed by atoms with Crippen LogP contribution in [0.3, 0.4) is 0 Å². The number of aryl methyl sites for hydroxylation is 1. The summed E-state index contributed by atoms with van der Waals surface area (Å²) in [6.45, 7) is 2.41. The third-order valence-electron chi connectivity index (χ3n) is 4.13. The number of fused-ring (bicyclic) bond motifs is 2. The predicted molar refractivity (Wildman–Crippen MR) is 102 cm³/mol. The van der Waals surface area contributed by atoms with Crippen molar-refractivity contribution in [3.8, 4) is 0 Å². The molecule has 1 amide bonds. The Kier molecular flexibility index (Phi) is 3.93. The Labute approximate surface area is 149 Å². The smallest absolute Gasteiger partial charge is 0.254 e. The maximum Gasteiger partial charge on any atom is 0.254 e. The van der Waals surface area contributed by atoms with E-state index in [2.05, 4.69) is 16.0 Å². The molecule has 0 spiro atoms.